The van der Waals surface area contributed by atoms with Crippen LogP contribution in [0, 0.1) is 0 Å². The fourth-order valence-corrected chi connectivity index (χ4v) is 0.834. The predicted molar refractivity (Wildman–Crippen MR) is 52.4 cm³/mol. The monoisotopic (exact) mass is 218 g/mol. The van der Waals surface area contributed by atoms with E-state index >= 15 is 0 Å². The van der Waals surface area contributed by atoms with Crippen LogP contribution in [0.5, 0.6) is 0 Å². The van der Waals surface area contributed by atoms with Crippen molar-refractivity contribution in [3.63, 3.8) is 0 Å². The van der Waals surface area contributed by atoms with Crippen LogP contribution >= 0.6 is 12.2 Å². The summed E-state index contributed by atoms with van der Waals surface area (Å²) < 4.78 is 23.6. The van der Waals surface area contributed by atoms with Gasteiger partial charge in [0.1, 0.15) is 16.5 Å². The minimum atomic E-state index is -2.42. The van der Waals surface area contributed by atoms with Crippen molar-refractivity contribution in [3.8, 4) is 0 Å². The van der Waals surface area contributed by atoms with E-state index in [9.17, 15) is 8.78 Å². The summed E-state index contributed by atoms with van der Waals surface area (Å²) in [5.41, 5.74) is 5.64. The van der Waals surface area contributed by atoms with Crippen LogP contribution in [0.3, 0.4) is 0 Å². The molecule has 0 unspecified atom stereocenters. The van der Waals surface area contributed by atoms with Gasteiger partial charge in [-0.15, -0.1) is 0 Å². The molecule has 4 nitrogen and oxygen atoms in total. The van der Waals surface area contributed by atoms with Crippen molar-refractivity contribution in [1.29, 1.82) is 0 Å². The van der Waals surface area contributed by atoms with Gasteiger partial charge in [-0.2, -0.15) is 0 Å². The highest BCUT2D eigenvalue weighted by molar-refractivity contribution is 7.80. The molecule has 0 bridgehead atoms. The minimum absolute atomic E-state index is 0.123. The number of nitrogens with zero attached hydrogens (tertiary/aromatic N) is 2. The Morgan fingerprint density at radius 2 is 2.21 bits per heavy atom. The number of nitrogens with two attached hydrogens (primary N) is 1. The van der Waals surface area contributed by atoms with Gasteiger partial charge in [-0.1, -0.05) is 12.2 Å². The molecule has 0 aliphatic rings. The number of halogens is 2. The second-order valence-corrected chi connectivity index (χ2v) is 2.86. The molecule has 0 aliphatic heterocycles. The van der Waals surface area contributed by atoms with E-state index in [0.29, 0.717) is 5.69 Å². The van der Waals surface area contributed by atoms with Gasteiger partial charge < -0.3 is 11.1 Å². The number of hydrogen-bond acceptors (Lipinski definition) is 4. The molecule has 0 saturated heterocycles. The third-order valence-corrected chi connectivity index (χ3v) is 1.55. The molecule has 76 valence electrons. The van der Waals surface area contributed by atoms with Gasteiger partial charge in [-0.05, 0) is 0 Å². The number of aromatic nitrogens is 2. The van der Waals surface area contributed by atoms with Crippen molar-refractivity contribution in [2.24, 2.45) is 5.73 Å². The quantitative estimate of drug-likeness (QED) is 0.731. The lowest BCUT2D eigenvalue weighted by molar-refractivity contribution is 0.163. The number of hydrogen-bond donors (Lipinski definition) is 2. The molecular formula is C7H8F2N4S. The average Bonchev–Trinajstić information content (AvgIpc) is 2.15. The van der Waals surface area contributed by atoms with E-state index in [-0.39, 0.29) is 10.8 Å². The van der Waals surface area contributed by atoms with Crippen LogP contribution in [0.1, 0.15) is 5.69 Å². The summed E-state index contributed by atoms with van der Waals surface area (Å²) in [5, 5.41) is 2.40. The molecule has 1 rings (SSSR count). The lowest BCUT2D eigenvalue weighted by Gasteiger charge is -2.04. The second-order valence-electron chi connectivity index (χ2n) is 2.42. The minimum Gasteiger partial charge on any atom is -0.388 e. The summed E-state index contributed by atoms with van der Waals surface area (Å²) in [5.74, 6) is 0.269. The molecule has 1 aromatic heterocycles. The predicted octanol–water partition coefficient (Wildman–Crippen LogP) is 0.788. The molecule has 0 saturated carbocycles. The van der Waals surface area contributed by atoms with E-state index in [1.54, 1.807) is 0 Å². The molecule has 14 heavy (non-hydrogen) atoms. The highest BCUT2D eigenvalue weighted by Crippen LogP contribution is 2.02. The van der Waals surface area contributed by atoms with Crippen LogP contribution < -0.4 is 11.1 Å². The summed E-state index contributed by atoms with van der Waals surface area (Å²) in [4.78, 5) is 7.74. The molecule has 1 heterocycles. The normalized spacial score (nSPS) is 10.2. The van der Waals surface area contributed by atoms with E-state index in [1.165, 1.54) is 12.4 Å². The van der Waals surface area contributed by atoms with E-state index in [0.717, 1.165) is 0 Å². The van der Waals surface area contributed by atoms with Crippen molar-refractivity contribution >= 4 is 23.0 Å². The molecule has 0 fully saturated rings. The first-order valence-electron chi connectivity index (χ1n) is 3.73. The Morgan fingerprint density at radius 1 is 1.50 bits per heavy atom. The van der Waals surface area contributed by atoms with Gasteiger partial charge in [-0.25, -0.2) is 18.7 Å². The first-order chi connectivity index (χ1) is 6.59. The number of anilines is 1. The van der Waals surface area contributed by atoms with Crippen LogP contribution in [0.2, 0.25) is 0 Å². The highest BCUT2D eigenvalue weighted by Gasteiger charge is 2.03. The van der Waals surface area contributed by atoms with Crippen molar-refractivity contribution < 1.29 is 8.78 Å². The van der Waals surface area contributed by atoms with Gasteiger partial charge in [0.15, 0.2) is 0 Å². The Morgan fingerprint density at radius 3 is 2.64 bits per heavy atom. The van der Waals surface area contributed by atoms with Gasteiger partial charge in [-0.3, -0.25) is 0 Å². The molecule has 7 heteroatoms. The molecule has 0 spiro atoms. The number of nitrogens with one attached hydrogen (secondary N) is 1. The number of thiocarbonyl (C=S) groups is 1. The summed E-state index contributed by atoms with van der Waals surface area (Å²) in [6.07, 6.45) is 0.208. The van der Waals surface area contributed by atoms with Gasteiger partial charge in [0.2, 0.25) is 0 Å². The molecule has 3 N–H and O–H groups in total. The van der Waals surface area contributed by atoms with Crippen LogP contribution in [0.25, 0.3) is 0 Å². The van der Waals surface area contributed by atoms with E-state index in [2.05, 4.69) is 27.5 Å². The van der Waals surface area contributed by atoms with E-state index in [4.69, 9.17) is 5.73 Å². The van der Waals surface area contributed by atoms with E-state index in [1.807, 2.05) is 0 Å². The lowest BCUT2D eigenvalue weighted by Crippen LogP contribution is -2.14. The average molecular weight is 218 g/mol. The fourth-order valence-electron chi connectivity index (χ4n) is 0.728. The maximum Gasteiger partial charge on any atom is 0.255 e. The largest absolute Gasteiger partial charge is 0.388 e. The fraction of sp³-hybridized carbons (Fsp3) is 0.286. The second kappa shape index (κ2) is 4.75. The van der Waals surface area contributed by atoms with Gasteiger partial charge in [0.05, 0.1) is 18.9 Å². The molecule has 0 aromatic carbocycles. The van der Waals surface area contributed by atoms with Crippen molar-refractivity contribution in [2.75, 3.05) is 11.9 Å². The zero-order valence-corrected chi connectivity index (χ0v) is 7.89. The molecule has 0 amide bonds. The smallest absolute Gasteiger partial charge is 0.255 e. The molecule has 1 aromatic rings. The summed E-state index contributed by atoms with van der Waals surface area (Å²) in [6.45, 7) is -0.457. The zero-order chi connectivity index (χ0) is 10.6. The Balaban J connectivity index is 2.60. The zero-order valence-electron chi connectivity index (χ0n) is 7.08. The Labute approximate surface area is 84.5 Å². The van der Waals surface area contributed by atoms with E-state index < -0.39 is 13.0 Å². The molecular weight excluding hydrogens is 210 g/mol. The Hall–Kier alpha value is -1.37. The first-order valence-corrected chi connectivity index (χ1v) is 4.14. The standard InChI is InChI=1S/C7H8F2N4S/c8-5(9)2-13-6-3-11-4(1-12-6)7(10)14/h1,3,5H,2H2,(H2,10,14)(H,12,13). The Bertz CT molecular complexity index is 314. The lowest BCUT2D eigenvalue weighted by atomic mass is 10.4. The Kier molecular flexibility index (Phi) is 3.63. The first kappa shape index (κ1) is 10.7. The third kappa shape index (κ3) is 3.17. The van der Waals surface area contributed by atoms with Crippen molar-refractivity contribution in [2.45, 2.75) is 6.43 Å². The van der Waals surface area contributed by atoms with Crippen LogP contribution in [0.4, 0.5) is 14.6 Å². The van der Waals surface area contributed by atoms with Crippen molar-refractivity contribution in [1.82, 2.24) is 9.97 Å². The summed E-state index contributed by atoms with van der Waals surface area (Å²) in [7, 11) is 0. The molecule has 0 aliphatic carbocycles. The SMILES string of the molecule is NC(=S)c1cnc(NCC(F)F)cn1. The van der Waals surface area contributed by atoms with Crippen LogP contribution in [-0.2, 0) is 0 Å². The highest BCUT2D eigenvalue weighted by atomic mass is 32.1. The number of alkyl halides is 2. The third-order valence-electron chi connectivity index (χ3n) is 1.34. The summed E-state index contributed by atoms with van der Waals surface area (Å²) in [6, 6.07) is 0. The topological polar surface area (TPSA) is 63.8 Å². The van der Waals surface area contributed by atoms with Gasteiger partial charge in [0, 0.05) is 0 Å². The van der Waals surface area contributed by atoms with Gasteiger partial charge in [0.25, 0.3) is 6.43 Å². The van der Waals surface area contributed by atoms with Crippen molar-refractivity contribution in [3.05, 3.63) is 18.1 Å². The van der Waals surface area contributed by atoms with Crippen LogP contribution in [-0.4, -0.2) is 27.9 Å². The molecule has 0 radical (unpaired) electrons. The maximum absolute atomic E-state index is 11.8. The maximum atomic E-state index is 11.8. The number of rotatable bonds is 4. The summed E-state index contributed by atoms with van der Waals surface area (Å²) >= 11 is 4.65. The molecule has 0 atom stereocenters. The van der Waals surface area contributed by atoms with Gasteiger partial charge >= 0.3 is 0 Å². The van der Waals surface area contributed by atoms with Crippen LogP contribution in [0.15, 0.2) is 12.4 Å².